The van der Waals surface area contributed by atoms with Gasteiger partial charge in [0.15, 0.2) is 0 Å². The number of aliphatic hydroxyl groups is 1. The van der Waals surface area contributed by atoms with Crippen molar-refractivity contribution in [3.63, 3.8) is 0 Å². The molecule has 0 aliphatic heterocycles. The molecule has 0 saturated heterocycles. The molecule has 3 rings (SSSR count). The van der Waals surface area contributed by atoms with Crippen molar-refractivity contribution in [1.29, 1.82) is 0 Å². The summed E-state index contributed by atoms with van der Waals surface area (Å²) in [5, 5.41) is 10.8. The van der Waals surface area contributed by atoms with E-state index in [0.29, 0.717) is 6.10 Å². The maximum Gasteiger partial charge on any atom is 0.119 e. The van der Waals surface area contributed by atoms with E-state index in [1.54, 1.807) is 0 Å². The van der Waals surface area contributed by atoms with E-state index in [0.717, 1.165) is 34.2 Å². The van der Waals surface area contributed by atoms with Crippen LogP contribution in [0.15, 0.2) is 53.0 Å². The average Bonchev–Trinajstić information content (AvgIpc) is 3.23. The molecular weight excluding hydrogens is 316 g/mol. The molecule has 1 aliphatic rings. The van der Waals surface area contributed by atoms with E-state index in [2.05, 4.69) is 15.9 Å². The Hall–Kier alpha value is -1.32. The molecule has 104 valence electrons. The first-order chi connectivity index (χ1) is 9.55. The molecule has 2 aromatic carbocycles. The van der Waals surface area contributed by atoms with Crippen LogP contribution in [0.1, 0.15) is 30.9 Å². The minimum Gasteiger partial charge on any atom is -0.490 e. The average molecular weight is 333 g/mol. The second-order valence-corrected chi connectivity index (χ2v) is 6.34. The second kappa shape index (κ2) is 5.23. The molecule has 1 aliphatic carbocycles. The Labute approximate surface area is 127 Å². The van der Waals surface area contributed by atoms with Crippen LogP contribution in [0.5, 0.6) is 5.75 Å². The van der Waals surface area contributed by atoms with Crippen LogP contribution < -0.4 is 4.74 Å². The molecule has 0 aromatic heterocycles. The van der Waals surface area contributed by atoms with Gasteiger partial charge in [-0.05, 0) is 55.2 Å². The van der Waals surface area contributed by atoms with E-state index >= 15 is 0 Å². The zero-order valence-electron chi connectivity index (χ0n) is 11.3. The molecule has 0 amide bonds. The molecule has 0 radical (unpaired) electrons. The van der Waals surface area contributed by atoms with Gasteiger partial charge < -0.3 is 9.84 Å². The van der Waals surface area contributed by atoms with Crippen LogP contribution in [0.4, 0.5) is 0 Å². The monoisotopic (exact) mass is 332 g/mol. The van der Waals surface area contributed by atoms with Gasteiger partial charge in [-0.3, -0.25) is 0 Å². The Morgan fingerprint density at radius 1 is 1.10 bits per heavy atom. The zero-order chi connectivity index (χ0) is 14.2. The van der Waals surface area contributed by atoms with E-state index in [4.69, 9.17) is 4.74 Å². The molecule has 1 unspecified atom stereocenters. The predicted molar refractivity (Wildman–Crippen MR) is 82.9 cm³/mol. The predicted octanol–water partition coefficient (Wildman–Crippen LogP) is 4.25. The van der Waals surface area contributed by atoms with Gasteiger partial charge in [-0.1, -0.05) is 40.2 Å². The molecule has 2 aromatic rings. The van der Waals surface area contributed by atoms with Gasteiger partial charge in [0, 0.05) is 4.47 Å². The number of rotatable bonds is 4. The van der Waals surface area contributed by atoms with Crippen molar-refractivity contribution in [3.8, 4) is 5.75 Å². The lowest BCUT2D eigenvalue weighted by molar-refractivity contribution is 0.102. The summed E-state index contributed by atoms with van der Waals surface area (Å²) in [6.07, 6.45) is 2.70. The molecule has 0 spiro atoms. The zero-order valence-corrected chi connectivity index (χ0v) is 12.9. The Morgan fingerprint density at radius 2 is 1.80 bits per heavy atom. The van der Waals surface area contributed by atoms with Gasteiger partial charge in [-0.15, -0.1) is 0 Å². The lowest BCUT2D eigenvalue weighted by atomic mass is 9.88. The van der Waals surface area contributed by atoms with Crippen LogP contribution in [-0.2, 0) is 5.60 Å². The summed E-state index contributed by atoms with van der Waals surface area (Å²) in [7, 11) is 0. The van der Waals surface area contributed by atoms with Crippen LogP contribution >= 0.6 is 15.9 Å². The number of benzene rings is 2. The van der Waals surface area contributed by atoms with Gasteiger partial charge in [0.2, 0.25) is 0 Å². The lowest BCUT2D eigenvalue weighted by Gasteiger charge is -2.25. The minimum absolute atomic E-state index is 0.395. The van der Waals surface area contributed by atoms with Crippen molar-refractivity contribution in [2.45, 2.75) is 31.5 Å². The summed E-state index contributed by atoms with van der Waals surface area (Å²) >= 11 is 3.44. The summed E-state index contributed by atoms with van der Waals surface area (Å²) in [6, 6.07) is 15.5. The standard InChI is InChI=1S/C17H17BrO2/c1-17(19,13-3-2-4-14(18)11-13)12-5-7-15(8-6-12)20-16-9-10-16/h2-8,11,16,19H,9-10H2,1H3. The van der Waals surface area contributed by atoms with Gasteiger partial charge in [0.05, 0.1) is 6.10 Å². The molecule has 3 heteroatoms. The highest BCUT2D eigenvalue weighted by molar-refractivity contribution is 9.10. The molecule has 20 heavy (non-hydrogen) atoms. The first-order valence-electron chi connectivity index (χ1n) is 6.81. The van der Waals surface area contributed by atoms with E-state index < -0.39 is 5.60 Å². The largest absolute Gasteiger partial charge is 0.490 e. The first-order valence-corrected chi connectivity index (χ1v) is 7.60. The topological polar surface area (TPSA) is 29.5 Å². The quantitative estimate of drug-likeness (QED) is 0.907. The number of hydrogen-bond donors (Lipinski definition) is 1. The van der Waals surface area contributed by atoms with Crippen molar-refractivity contribution in [2.75, 3.05) is 0 Å². The van der Waals surface area contributed by atoms with Crippen molar-refractivity contribution in [1.82, 2.24) is 0 Å². The summed E-state index contributed by atoms with van der Waals surface area (Å²) < 4.78 is 6.69. The Bertz CT molecular complexity index is 601. The molecule has 0 bridgehead atoms. The fourth-order valence-corrected chi connectivity index (χ4v) is 2.59. The van der Waals surface area contributed by atoms with E-state index in [1.807, 2.05) is 55.5 Å². The van der Waals surface area contributed by atoms with Gasteiger partial charge in [0.25, 0.3) is 0 Å². The fraction of sp³-hybridized carbons (Fsp3) is 0.294. The molecule has 1 fully saturated rings. The Morgan fingerprint density at radius 3 is 2.40 bits per heavy atom. The third kappa shape index (κ3) is 2.89. The normalized spacial score (nSPS) is 17.6. The van der Waals surface area contributed by atoms with Crippen molar-refractivity contribution < 1.29 is 9.84 Å². The molecule has 2 nitrogen and oxygen atoms in total. The van der Waals surface area contributed by atoms with Gasteiger partial charge in [0.1, 0.15) is 11.4 Å². The SMILES string of the molecule is CC(O)(c1ccc(OC2CC2)cc1)c1cccc(Br)c1. The van der Waals surface area contributed by atoms with Crippen LogP contribution in [0.2, 0.25) is 0 Å². The molecule has 1 atom stereocenters. The number of hydrogen-bond acceptors (Lipinski definition) is 2. The highest BCUT2D eigenvalue weighted by Crippen LogP contribution is 2.33. The van der Waals surface area contributed by atoms with E-state index in [1.165, 1.54) is 0 Å². The highest BCUT2D eigenvalue weighted by atomic mass is 79.9. The molecule has 1 N–H and O–H groups in total. The number of ether oxygens (including phenoxy) is 1. The Balaban J connectivity index is 1.86. The first kappa shape index (κ1) is 13.7. The van der Waals surface area contributed by atoms with Crippen molar-refractivity contribution in [2.24, 2.45) is 0 Å². The van der Waals surface area contributed by atoms with Crippen LogP contribution in [0.3, 0.4) is 0 Å². The highest BCUT2D eigenvalue weighted by Gasteiger charge is 2.27. The molecule has 1 saturated carbocycles. The van der Waals surface area contributed by atoms with Crippen molar-refractivity contribution in [3.05, 3.63) is 64.1 Å². The summed E-state index contributed by atoms with van der Waals surface area (Å²) in [5.74, 6) is 0.876. The lowest BCUT2D eigenvalue weighted by Crippen LogP contribution is -2.22. The summed E-state index contributed by atoms with van der Waals surface area (Å²) in [6.45, 7) is 1.81. The maximum atomic E-state index is 10.8. The molecular formula is C17H17BrO2. The second-order valence-electron chi connectivity index (χ2n) is 5.42. The smallest absolute Gasteiger partial charge is 0.119 e. The van der Waals surface area contributed by atoms with Gasteiger partial charge in [-0.25, -0.2) is 0 Å². The van der Waals surface area contributed by atoms with E-state index in [9.17, 15) is 5.11 Å². The maximum absolute atomic E-state index is 10.8. The fourth-order valence-electron chi connectivity index (χ4n) is 2.19. The summed E-state index contributed by atoms with van der Waals surface area (Å²) in [5.41, 5.74) is 0.712. The van der Waals surface area contributed by atoms with Gasteiger partial charge in [-0.2, -0.15) is 0 Å². The summed E-state index contributed by atoms with van der Waals surface area (Å²) in [4.78, 5) is 0. The third-order valence-electron chi connectivity index (χ3n) is 3.63. The minimum atomic E-state index is -1.01. The van der Waals surface area contributed by atoms with Crippen LogP contribution in [0.25, 0.3) is 0 Å². The Kier molecular flexibility index (Phi) is 3.57. The molecule has 0 heterocycles. The van der Waals surface area contributed by atoms with Crippen LogP contribution in [-0.4, -0.2) is 11.2 Å². The number of halogens is 1. The van der Waals surface area contributed by atoms with Gasteiger partial charge >= 0.3 is 0 Å². The third-order valence-corrected chi connectivity index (χ3v) is 4.12. The van der Waals surface area contributed by atoms with E-state index in [-0.39, 0.29) is 0 Å². The van der Waals surface area contributed by atoms with Crippen molar-refractivity contribution >= 4 is 15.9 Å². The van der Waals surface area contributed by atoms with Crippen LogP contribution in [0, 0.1) is 0 Å².